The van der Waals surface area contributed by atoms with E-state index in [2.05, 4.69) is 16.0 Å². The van der Waals surface area contributed by atoms with E-state index in [4.69, 9.17) is 4.74 Å². The van der Waals surface area contributed by atoms with Crippen LogP contribution in [-0.2, 0) is 14.3 Å². The number of carbonyl (C=O) groups excluding carboxylic acids is 3. The number of carbonyl (C=O) groups is 3. The first-order valence-corrected chi connectivity index (χ1v) is 10.9. The number of ether oxygens (including phenoxy) is 1. The zero-order valence-electron chi connectivity index (χ0n) is 19.2. The van der Waals surface area contributed by atoms with Gasteiger partial charge in [0.15, 0.2) is 0 Å². The quantitative estimate of drug-likeness (QED) is 0.571. The van der Waals surface area contributed by atoms with Crippen LogP contribution in [0.15, 0.2) is 0 Å². The molecule has 0 bridgehead atoms. The summed E-state index contributed by atoms with van der Waals surface area (Å²) in [7, 11) is 0. The lowest BCUT2D eigenvalue weighted by Gasteiger charge is -2.33. The SMILES string of the molecule is C.C.CCNC(=O)C1CCCN(C(=O)OC(C)(C)C)C1.CCNC(=O)C1CCCNC1.Cl. The normalized spacial score (nSPS) is 20.0. The number of halogens is 1. The molecule has 2 saturated heterocycles. The van der Waals surface area contributed by atoms with Crippen LogP contribution in [0.1, 0.15) is 75.2 Å². The molecule has 9 heteroatoms. The van der Waals surface area contributed by atoms with Crippen LogP contribution in [0.3, 0.4) is 0 Å². The van der Waals surface area contributed by atoms with E-state index in [1.807, 2.05) is 34.6 Å². The van der Waals surface area contributed by atoms with E-state index in [1.165, 1.54) is 0 Å². The summed E-state index contributed by atoms with van der Waals surface area (Å²) in [5.41, 5.74) is -0.490. The maximum atomic E-state index is 11.9. The number of amides is 3. The van der Waals surface area contributed by atoms with Crippen molar-refractivity contribution >= 4 is 30.3 Å². The first-order chi connectivity index (χ1) is 13.7. The van der Waals surface area contributed by atoms with Crippen LogP contribution >= 0.6 is 12.4 Å². The van der Waals surface area contributed by atoms with E-state index in [0.717, 1.165) is 45.3 Å². The molecule has 2 unspecified atom stereocenters. The summed E-state index contributed by atoms with van der Waals surface area (Å²) in [4.78, 5) is 36.6. The molecule has 3 N–H and O–H groups in total. The summed E-state index contributed by atoms with van der Waals surface area (Å²) in [6, 6.07) is 0. The van der Waals surface area contributed by atoms with Crippen molar-refractivity contribution in [1.82, 2.24) is 20.9 Å². The molecule has 0 aromatic heterocycles. The summed E-state index contributed by atoms with van der Waals surface area (Å²) in [6.45, 7) is 13.8. The lowest BCUT2D eigenvalue weighted by atomic mass is 9.97. The van der Waals surface area contributed by atoms with Crippen LogP contribution in [0.25, 0.3) is 0 Å². The third-order valence-electron chi connectivity index (χ3n) is 4.81. The molecule has 3 amide bonds. The summed E-state index contributed by atoms with van der Waals surface area (Å²) in [5, 5.41) is 8.85. The molecule has 8 nitrogen and oxygen atoms in total. The minimum atomic E-state index is -0.490. The van der Waals surface area contributed by atoms with Gasteiger partial charge >= 0.3 is 6.09 Å². The molecule has 0 spiro atoms. The van der Waals surface area contributed by atoms with Gasteiger partial charge in [-0.15, -0.1) is 12.4 Å². The molecule has 2 rings (SSSR count). The van der Waals surface area contributed by atoms with Crippen LogP contribution in [0.5, 0.6) is 0 Å². The lowest BCUT2D eigenvalue weighted by molar-refractivity contribution is -0.126. The minimum absolute atomic E-state index is 0. The van der Waals surface area contributed by atoms with Gasteiger partial charge < -0.3 is 25.6 Å². The molecule has 0 aliphatic carbocycles. The van der Waals surface area contributed by atoms with Gasteiger partial charge in [-0.3, -0.25) is 9.59 Å². The fraction of sp³-hybridized carbons (Fsp3) is 0.870. The van der Waals surface area contributed by atoms with E-state index >= 15 is 0 Å². The summed E-state index contributed by atoms with van der Waals surface area (Å²) in [6.07, 6.45) is 3.53. The molecule has 2 fully saturated rings. The van der Waals surface area contributed by atoms with Gasteiger partial charge in [-0.1, -0.05) is 14.9 Å². The highest BCUT2D eigenvalue weighted by molar-refractivity contribution is 5.85. The molecular formula is C23H49ClN4O4. The van der Waals surface area contributed by atoms with E-state index in [9.17, 15) is 14.4 Å². The van der Waals surface area contributed by atoms with Crippen LogP contribution < -0.4 is 16.0 Å². The highest BCUT2D eigenvalue weighted by atomic mass is 35.5. The Bertz CT molecular complexity index is 535. The molecule has 0 aromatic carbocycles. The Hall–Kier alpha value is -1.54. The Morgan fingerprint density at radius 3 is 1.97 bits per heavy atom. The first kappa shape index (κ1) is 35.1. The van der Waals surface area contributed by atoms with Gasteiger partial charge in [-0.25, -0.2) is 4.79 Å². The summed E-state index contributed by atoms with van der Waals surface area (Å²) < 4.78 is 5.32. The van der Waals surface area contributed by atoms with E-state index in [0.29, 0.717) is 19.6 Å². The number of hydrogen-bond donors (Lipinski definition) is 3. The maximum Gasteiger partial charge on any atom is 0.410 e. The summed E-state index contributed by atoms with van der Waals surface area (Å²) in [5.74, 6) is 0.348. The number of likely N-dealkylation sites (tertiary alicyclic amines) is 1. The highest BCUT2D eigenvalue weighted by Crippen LogP contribution is 2.19. The van der Waals surface area contributed by atoms with Gasteiger partial charge in [0.2, 0.25) is 11.8 Å². The van der Waals surface area contributed by atoms with E-state index in [-0.39, 0.29) is 57.0 Å². The van der Waals surface area contributed by atoms with Crippen molar-refractivity contribution in [1.29, 1.82) is 0 Å². The van der Waals surface area contributed by atoms with Gasteiger partial charge in [0.1, 0.15) is 5.60 Å². The molecule has 0 radical (unpaired) electrons. The van der Waals surface area contributed by atoms with Crippen LogP contribution in [0.2, 0.25) is 0 Å². The second kappa shape index (κ2) is 18.0. The highest BCUT2D eigenvalue weighted by Gasteiger charge is 2.30. The molecule has 0 saturated carbocycles. The molecule has 32 heavy (non-hydrogen) atoms. The number of nitrogens with zero attached hydrogens (tertiary/aromatic N) is 1. The molecule has 2 aliphatic rings. The van der Waals surface area contributed by atoms with Gasteiger partial charge in [0.25, 0.3) is 0 Å². The monoisotopic (exact) mass is 480 g/mol. The van der Waals surface area contributed by atoms with Crippen LogP contribution in [0, 0.1) is 11.8 Å². The van der Waals surface area contributed by atoms with Crippen molar-refractivity contribution in [2.75, 3.05) is 39.3 Å². The topological polar surface area (TPSA) is 99.8 Å². The predicted molar refractivity (Wildman–Crippen MR) is 134 cm³/mol. The fourth-order valence-corrected chi connectivity index (χ4v) is 3.40. The predicted octanol–water partition coefficient (Wildman–Crippen LogP) is 3.59. The van der Waals surface area contributed by atoms with Crippen LogP contribution in [0.4, 0.5) is 4.79 Å². The Labute approximate surface area is 202 Å². The van der Waals surface area contributed by atoms with Gasteiger partial charge in [-0.05, 0) is 66.8 Å². The standard InChI is InChI=1S/C13H24N2O3.C8H16N2O.2CH4.ClH/c1-5-14-11(16)10-7-6-8-15(9-10)12(17)18-13(2,3)4;1-2-10-8(11)7-4-3-5-9-6-7;;;/h10H,5-9H2,1-4H3,(H,14,16);7,9H,2-6H2,1H3,(H,10,11);2*1H4;1H. The largest absolute Gasteiger partial charge is 0.444 e. The minimum Gasteiger partial charge on any atom is -0.444 e. The summed E-state index contributed by atoms with van der Waals surface area (Å²) >= 11 is 0. The number of rotatable bonds is 4. The second-order valence-corrected chi connectivity index (χ2v) is 8.60. The Morgan fingerprint density at radius 1 is 0.969 bits per heavy atom. The third kappa shape index (κ3) is 13.8. The Balaban J connectivity index is -0.000000525. The van der Waals surface area contributed by atoms with Crippen LogP contribution in [-0.4, -0.2) is 67.7 Å². The van der Waals surface area contributed by atoms with Crippen molar-refractivity contribution in [3.8, 4) is 0 Å². The molecule has 0 aromatic rings. The number of hydrogen-bond acceptors (Lipinski definition) is 5. The average molecular weight is 481 g/mol. The molecular weight excluding hydrogens is 432 g/mol. The van der Waals surface area contributed by atoms with E-state index < -0.39 is 5.60 Å². The van der Waals surface area contributed by atoms with Crippen molar-refractivity contribution in [2.45, 2.75) is 80.8 Å². The number of piperidine rings is 2. The van der Waals surface area contributed by atoms with Crippen molar-refractivity contribution < 1.29 is 19.1 Å². The molecule has 2 heterocycles. The second-order valence-electron chi connectivity index (χ2n) is 8.60. The maximum absolute atomic E-state index is 11.9. The first-order valence-electron chi connectivity index (χ1n) is 10.9. The van der Waals surface area contributed by atoms with Crippen molar-refractivity contribution in [2.24, 2.45) is 11.8 Å². The fourth-order valence-electron chi connectivity index (χ4n) is 3.40. The number of nitrogens with one attached hydrogen (secondary N) is 3. The molecule has 2 atom stereocenters. The Kier molecular flexibility index (Phi) is 19.7. The third-order valence-corrected chi connectivity index (χ3v) is 4.81. The average Bonchev–Trinajstić information content (AvgIpc) is 2.68. The molecule has 192 valence electrons. The smallest absolute Gasteiger partial charge is 0.410 e. The lowest BCUT2D eigenvalue weighted by Crippen LogP contribution is -2.47. The van der Waals surface area contributed by atoms with Gasteiger partial charge in [0.05, 0.1) is 11.8 Å². The molecule has 2 aliphatic heterocycles. The van der Waals surface area contributed by atoms with Crippen molar-refractivity contribution in [3.05, 3.63) is 0 Å². The Morgan fingerprint density at radius 2 is 1.50 bits per heavy atom. The zero-order chi connectivity index (χ0) is 21.9. The zero-order valence-corrected chi connectivity index (χ0v) is 20.0. The van der Waals surface area contributed by atoms with Gasteiger partial charge in [-0.2, -0.15) is 0 Å². The van der Waals surface area contributed by atoms with E-state index in [1.54, 1.807) is 4.90 Å². The van der Waals surface area contributed by atoms with Gasteiger partial charge in [0, 0.05) is 32.7 Å². The van der Waals surface area contributed by atoms with Crippen molar-refractivity contribution in [3.63, 3.8) is 0 Å².